The zero-order chi connectivity index (χ0) is 11.3. The summed E-state index contributed by atoms with van der Waals surface area (Å²) in [7, 11) is 0. The zero-order valence-electron chi connectivity index (χ0n) is 8.92. The van der Waals surface area contributed by atoms with Crippen LogP contribution in [0.15, 0.2) is 12.1 Å². The summed E-state index contributed by atoms with van der Waals surface area (Å²) in [5.41, 5.74) is 12.2. The predicted octanol–water partition coefficient (Wildman–Crippen LogP) is 1.96. The molecule has 0 heterocycles. The van der Waals surface area contributed by atoms with Gasteiger partial charge in [0.2, 0.25) is 0 Å². The Hall–Kier alpha value is -1.29. The van der Waals surface area contributed by atoms with Gasteiger partial charge in [-0.2, -0.15) is 0 Å². The van der Waals surface area contributed by atoms with Gasteiger partial charge >= 0.3 is 0 Å². The van der Waals surface area contributed by atoms with Crippen LogP contribution in [-0.4, -0.2) is 13.2 Å². The third-order valence-electron chi connectivity index (χ3n) is 2.23. The van der Waals surface area contributed by atoms with Gasteiger partial charge in [0.1, 0.15) is 0 Å². The van der Waals surface area contributed by atoms with Gasteiger partial charge in [0.05, 0.1) is 5.69 Å². The molecule has 0 aromatic heterocycles. The van der Waals surface area contributed by atoms with Crippen molar-refractivity contribution >= 4 is 11.4 Å². The van der Waals surface area contributed by atoms with Crippen molar-refractivity contribution in [2.24, 2.45) is 0 Å². The van der Waals surface area contributed by atoms with Crippen LogP contribution in [0.5, 0.6) is 0 Å². The Kier molecular flexibility index (Phi) is 4.37. The van der Waals surface area contributed by atoms with Crippen LogP contribution in [-0.2, 0) is 11.2 Å². The SMILES string of the molecule is CCOCCCc1c(N)ccc(N)c1F. The maximum Gasteiger partial charge on any atom is 0.151 e. The van der Waals surface area contributed by atoms with Crippen molar-refractivity contribution in [2.45, 2.75) is 19.8 Å². The standard InChI is InChI=1S/C11H17FN2O/c1-2-15-7-3-4-8-9(13)5-6-10(14)11(8)12/h5-6H,2-4,7,13-14H2,1H3. The van der Waals surface area contributed by atoms with Crippen LogP contribution in [0.2, 0.25) is 0 Å². The summed E-state index contributed by atoms with van der Waals surface area (Å²) in [6.07, 6.45) is 1.31. The van der Waals surface area contributed by atoms with E-state index in [-0.39, 0.29) is 5.69 Å². The van der Waals surface area contributed by atoms with E-state index in [4.69, 9.17) is 16.2 Å². The van der Waals surface area contributed by atoms with E-state index in [1.54, 1.807) is 6.07 Å². The summed E-state index contributed by atoms with van der Waals surface area (Å²) in [6.45, 7) is 3.22. The minimum Gasteiger partial charge on any atom is -0.398 e. The summed E-state index contributed by atoms with van der Waals surface area (Å²) in [6, 6.07) is 3.12. The van der Waals surface area contributed by atoms with Gasteiger partial charge in [-0.25, -0.2) is 4.39 Å². The first kappa shape index (κ1) is 11.8. The van der Waals surface area contributed by atoms with Crippen LogP contribution in [0.4, 0.5) is 15.8 Å². The quantitative estimate of drug-likeness (QED) is 0.579. The van der Waals surface area contributed by atoms with Crippen LogP contribution in [0.1, 0.15) is 18.9 Å². The first-order valence-corrected chi connectivity index (χ1v) is 5.07. The number of anilines is 2. The van der Waals surface area contributed by atoms with E-state index in [0.717, 1.165) is 6.42 Å². The molecule has 1 rings (SSSR count). The van der Waals surface area contributed by atoms with E-state index in [2.05, 4.69) is 0 Å². The highest BCUT2D eigenvalue weighted by molar-refractivity contribution is 5.56. The molecule has 0 aliphatic carbocycles. The van der Waals surface area contributed by atoms with E-state index in [9.17, 15) is 4.39 Å². The molecule has 0 bridgehead atoms. The van der Waals surface area contributed by atoms with Crippen molar-refractivity contribution in [1.29, 1.82) is 0 Å². The molecular weight excluding hydrogens is 195 g/mol. The molecule has 1 aromatic carbocycles. The van der Waals surface area contributed by atoms with Crippen molar-refractivity contribution in [3.63, 3.8) is 0 Å². The number of hydrogen-bond acceptors (Lipinski definition) is 3. The number of hydrogen-bond donors (Lipinski definition) is 2. The minimum atomic E-state index is -0.397. The lowest BCUT2D eigenvalue weighted by atomic mass is 10.1. The Bertz CT molecular complexity index is 329. The highest BCUT2D eigenvalue weighted by Gasteiger charge is 2.09. The second-order valence-electron chi connectivity index (χ2n) is 3.34. The maximum absolute atomic E-state index is 13.5. The summed E-state index contributed by atoms with van der Waals surface area (Å²) in [5.74, 6) is -0.397. The topological polar surface area (TPSA) is 61.3 Å². The zero-order valence-corrected chi connectivity index (χ0v) is 8.92. The number of halogens is 1. The molecule has 0 aliphatic heterocycles. The second-order valence-corrected chi connectivity index (χ2v) is 3.34. The molecule has 0 radical (unpaired) electrons. The van der Waals surface area contributed by atoms with Gasteiger partial charge in [-0.1, -0.05) is 0 Å². The molecule has 0 fully saturated rings. The molecule has 0 amide bonds. The maximum atomic E-state index is 13.5. The monoisotopic (exact) mass is 212 g/mol. The predicted molar refractivity (Wildman–Crippen MR) is 60.0 cm³/mol. The number of ether oxygens (including phenoxy) is 1. The van der Waals surface area contributed by atoms with E-state index in [1.807, 2.05) is 6.92 Å². The molecule has 4 heteroatoms. The van der Waals surface area contributed by atoms with Crippen molar-refractivity contribution in [2.75, 3.05) is 24.7 Å². The Morgan fingerprint density at radius 1 is 1.27 bits per heavy atom. The van der Waals surface area contributed by atoms with Crippen molar-refractivity contribution in [3.05, 3.63) is 23.5 Å². The van der Waals surface area contributed by atoms with Crippen molar-refractivity contribution in [1.82, 2.24) is 0 Å². The molecule has 15 heavy (non-hydrogen) atoms. The molecule has 0 aliphatic rings. The lowest BCUT2D eigenvalue weighted by Crippen LogP contribution is -2.04. The number of rotatable bonds is 5. The van der Waals surface area contributed by atoms with Gasteiger partial charge < -0.3 is 16.2 Å². The normalized spacial score (nSPS) is 10.5. The molecule has 0 unspecified atom stereocenters. The van der Waals surface area contributed by atoms with E-state index in [1.165, 1.54) is 6.07 Å². The molecule has 0 saturated carbocycles. The molecule has 1 aromatic rings. The van der Waals surface area contributed by atoms with E-state index < -0.39 is 5.82 Å². The number of nitrogen functional groups attached to an aromatic ring is 2. The highest BCUT2D eigenvalue weighted by atomic mass is 19.1. The lowest BCUT2D eigenvalue weighted by molar-refractivity contribution is 0.145. The van der Waals surface area contributed by atoms with Crippen LogP contribution < -0.4 is 11.5 Å². The Labute approximate surface area is 89.2 Å². The van der Waals surface area contributed by atoms with Gasteiger partial charge in [0.25, 0.3) is 0 Å². The fourth-order valence-electron chi connectivity index (χ4n) is 1.40. The smallest absolute Gasteiger partial charge is 0.151 e. The Balaban J connectivity index is 2.63. The van der Waals surface area contributed by atoms with Gasteiger partial charge in [-0.05, 0) is 31.9 Å². The van der Waals surface area contributed by atoms with Crippen LogP contribution in [0.3, 0.4) is 0 Å². The van der Waals surface area contributed by atoms with E-state index in [0.29, 0.717) is 30.9 Å². The van der Waals surface area contributed by atoms with Crippen molar-refractivity contribution in [3.8, 4) is 0 Å². The third kappa shape index (κ3) is 3.09. The summed E-state index contributed by atoms with van der Waals surface area (Å²) in [5, 5.41) is 0. The van der Waals surface area contributed by atoms with Crippen molar-refractivity contribution < 1.29 is 9.13 Å². The van der Waals surface area contributed by atoms with Gasteiger partial charge in [-0.15, -0.1) is 0 Å². The fraction of sp³-hybridized carbons (Fsp3) is 0.455. The number of nitrogens with two attached hydrogens (primary N) is 2. The largest absolute Gasteiger partial charge is 0.398 e. The van der Waals surface area contributed by atoms with Gasteiger partial charge in [0.15, 0.2) is 5.82 Å². The molecule has 0 saturated heterocycles. The first-order chi connectivity index (χ1) is 7.16. The molecule has 84 valence electrons. The first-order valence-electron chi connectivity index (χ1n) is 5.07. The van der Waals surface area contributed by atoms with Gasteiger partial charge in [0, 0.05) is 24.5 Å². The Morgan fingerprint density at radius 2 is 1.93 bits per heavy atom. The summed E-state index contributed by atoms with van der Waals surface area (Å²) in [4.78, 5) is 0. The lowest BCUT2D eigenvalue weighted by Gasteiger charge is -2.08. The highest BCUT2D eigenvalue weighted by Crippen LogP contribution is 2.22. The molecular formula is C11H17FN2O. The number of benzene rings is 1. The third-order valence-corrected chi connectivity index (χ3v) is 2.23. The Morgan fingerprint density at radius 3 is 2.60 bits per heavy atom. The molecule has 0 atom stereocenters. The van der Waals surface area contributed by atoms with Crippen LogP contribution in [0.25, 0.3) is 0 Å². The van der Waals surface area contributed by atoms with Crippen LogP contribution in [0, 0.1) is 5.82 Å². The fourth-order valence-corrected chi connectivity index (χ4v) is 1.40. The summed E-state index contributed by atoms with van der Waals surface area (Å²) >= 11 is 0. The molecule has 0 spiro atoms. The van der Waals surface area contributed by atoms with Gasteiger partial charge in [-0.3, -0.25) is 0 Å². The average Bonchev–Trinajstić information content (AvgIpc) is 2.23. The average molecular weight is 212 g/mol. The summed E-state index contributed by atoms with van der Waals surface area (Å²) < 4.78 is 18.7. The minimum absolute atomic E-state index is 0.149. The molecule has 3 nitrogen and oxygen atoms in total. The second kappa shape index (κ2) is 5.56. The van der Waals surface area contributed by atoms with E-state index >= 15 is 0 Å². The molecule has 4 N–H and O–H groups in total. The van der Waals surface area contributed by atoms with Crippen LogP contribution >= 0.6 is 0 Å².